The molecule has 0 bridgehead atoms. The molecule has 0 aromatic carbocycles. The third-order valence-corrected chi connectivity index (χ3v) is 3.59. The maximum absolute atomic E-state index is 10.9. The number of aliphatic carboxylic acids is 1. The summed E-state index contributed by atoms with van der Waals surface area (Å²) in [5.41, 5.74) is 1.13. The summed E-state index contributed by atoms with van der Waals surface area (Å²) in [4.78, 5) is 12.9. The van der Waals surface area contributed by atoms with Crippen LogP contribution in [0.1, 0.15) is 31.4 Å². The van der Waals surface area contributed by atoms with Crippen molar-refractivity contribution in [1.29, 1.82) is 0 Å². The zero-order valence-corrected chi connectivity index (χ0v) is 10.3. The lowest BCUT2D eigenvalue weighted by Gasteiger charge is -2.33. The summed E-state index contributed by atoms with van der Waals surface area (Å²) in [7, 11) is 1.92. The predicted octanol–water partition coefficient (Wildman–Crippen LogP) is 1.07. The number of carboxylic acid groups (broad SMARTS) is 1. The summed E-state index contributed by atoms with van der Waals surface area (Å²) in [6.45, 7) is 3.44. The first-order chi connectivity index (χ1) is 8.08. The molecule has 2 heterocycles. The first-order valence-corrected chi connectivity index (χ1v) is 6.04. The second-order valence-corrected chi connectivity index (χ2v) is 4.74. The van der Waals surface area contributed by atoms with E-state index in [1.54, 1.807) is 6.92 Å². The highest BCUT2D eigenvalue weighted by molar-refractivity contribution is 5.72. The van der Waals surface area contributed by atoms with E-state index in [9.17, 15) is 4.79 Å². The van der Waals surface area contributed by atoms with Gasteiger partial charge in [0.25, 0.3) is 0 Å². The fourth-order valence-corrected chi connectivity index (χ4v) is 2.39. The highest BCUT2D eigenvalue weighted by Gasteiger charge is 2.27. The molecule has 1 fully saturated rings. The van der Waals surface area contributed by atoms with E-state index >= 15 is 0 Å². The number of carbonyl (C=O) groups is 1. The van der Waals surface area contributed by atoms with Gasteiger partial charge < -0.3 is 5.11 Å². The molecule has 1 aliphatic heterocycles. The van der Waals surface area contributed by atoms with Gasteiger partial charge in [0, 0.05) is 19.2 Å². The molecule has 0 saturated carbocycles. The second-order valence-electron chi connectivity index (χ2n) is 4.74. The van der Waals surface area contributed by atoms with Crippen LogP contribution in [0.4, 0.5) is 0 Å². The van der Waals surface area contributed by atoms with Crippen molar-refractivity contribution in [2.45, 2.75) is 31.7 Å². The number of aromatic nitrogens is 2. The Balaban J connectivity index is 1.92. The van der Waals surface area contributed by atoms with Gasteiger partial charge in [0.15, 0.2) is 0 Å². The number of rotatable bonds is 3. The Bertz CT molecular complexity index is 394. The molecule has 1 aromatic rings. The fraction of sp³-hybridized carbons (Fsp3) is 0.667. The van der Waals surface area contributed by atoms with E-state index < -0.39 is 5.97 Å². The molecule has 1 atom stereocenters. The van der Waals surface area contributed by atoms with Crippen molar-refractivity contribution in [3.05, 3.63) is 18.0 Å². The molecule has 0 radical (unpaired) electrons. The van der Waals surface area contributed by atoms with Gasteiger partial charge in [-0.25, -0.2) is 0 Å². The first kappa shape index (κ1) is 12.1. The number of piperidine rings is 1. The van der Waals surface area contributed by atoms with Crippen molar-refractivity contribution >= 4 is 5.97 Å². The molecule has 1 aliphatic rings. The minimum atomic E-state index is -0.735. The van der Waals surface area contributed by atoms with Crippen LogP contribution in [0.25, 0.3) is 0 Å². The van der Waals surface area contributed by atoms with Crippen molar-refractivity contribution in [2.24, 2.45) is 7.05 Å². The van der Waals surface area contributed by atoms with Crippen LogP contribution in [0.15, 0.2) is 12.3 Å². The third-order valence-electron chi connectivity index (χ3n) is 3.59. The molecule has 0 aliphatic carbocycles. The normalized spacial score (nSPS) is 20.4. The van der Waals surface area contributed by atoms with Crippen LogP contribution in [-0.4, -0.2) is 44.9 Å². The standard InChI is InChI=1S/C12H19N3O2/c1-9(12(16)17)15-7-3-10(4-8-15)11-5-6-14(2)13-11/h5-6,9-10H,3-4,7-8H2,1-2H3,(H,16,17)/t9-/m1/s1. The summed E-state index contributed by atoms with van der Waals surface area (Å²) in [6, 6.07) is 1.68. The zero-order chi connectivity index (χ0) is 12.4. The first-order valence-electron chi connectivity index (χ1n) is 6.04. The van der Waals surface area contributed by atoms with E-state index in [1.807, 2.05) is 22.8 Å². The van der Waals surface area contributed by atoms with Gasteiger partial charge in [-0.15, -0.1) is 0 Å². The van der Waals surface area contributed by atoms with Crippen LogP contribution in [-0.2, 0) is 11.8 Å². The molecule has 1 N–H and O–H groups in total. The molecule has 1 saturated heterocycles. The molecular weight excluding hydrogens is 218 g/mol. The van der Waals surface area contributed by atoms with Crippen molar-refractivity contribution in [1.82, 2.24) is 14.7 Å². The maximum atomic E-state index is 10.9. The van der Waals surface area contributed by atoms with Crippen LogP contribution >= 0.6 is 0 Å². The van der Waals surface area contributed by atoms with Crippen LogP contribution in [0, 0.1) is 0 Å². The molecule has 94 valence electrons. The Morgan fingerprint density at radius 3 is 2.65 bits per heavy atom. The number of nitrogens with zero attached hydrogens (tertiary/aromatic N) is 3. The van der Waals surface area contributed by atoms with E-state index in [4.69, 9.17) is 5.11 Å². The Kier molecular flexibility index (Phi) is 3.47. The Labute approximate surface area is 101 Å². The van der Waals surface area contributed by atoms with E-state index in [-0.39, 0.29) is 6.04 Å². The molecule has 5 nitrogen and oxygen atoms in total. The quantitative estimate of drug-likeness (QED) is 0.854. The minimum absolute atomic E-state index is 0.375. The SMILES string of the molecule is C[C@H](C(=O)O)N1CCC(c2ccn(C)n2)CC1. The number of hydrogen-bond acceptors (Lipinski definition) is 3. The summed E-state index contributed by atoms with van der Waals surface area (Å²) >= 11 is 0. The van der Waals surface area contributed by atoms with Crippen LogP contribution in [0.5, 0.6) is 0 Å². The van der Waals surface area contributed by atoms with Gasteiger partial charge in [-0.2, -0.15) is 5.10 Å². The van der Waals surface area contributed by atoms with Crippen LogP contribution in [0.2, 0.25) is 0 Å². The zero-order valence-electron chi connectivity index (χ0n) is 10.3. The average Bonchev–Trinajstić information content (AvgIpc) is 2.75. The van der Waals surface area contributed by atoms with E-state index in [2.05, 4.69) is 11.2 Å². The van der Waals surface area contributed by atoms with E-state index in [0.717, 1.165) is 31.6 Å². The third kappa shape index (κ3) is 2.66. The van der Waals surface area contributed by atoms with Crippen molar-refractivity contribution in [3.63, 3.8) is 0 Å². The molecule has 0 unspecified atom stereocenters. The summed E-state index contributed by atoms with van der Waals surface area (Å²) in [6.07, 6.45) is 3.95. The minimum Gasteiger partial charge on any atom is -0.480 e. The summed E-state index contributed by atoms with van der Waals surface area (Å²) in [5, 5.41) is 13.4. The van der Waals surface area contributed by atoms with Gasteiger partial charge in [0.05, 0.1) is 5.69 Å². The molecular formula is C12H19N3O2. The van der Waals surface area contributed by atoms with Gasteiger partial charge in [0.1, 0.15) is 6.04 Å². The van der Waals surface area contributed by atoms with Crippen molar-refractivity contribution in [3.8, 4) is 0 Å². The molecule has 17 heavy (non-hydrogen) atoms. The molecule has 0 amide bonds. The topological polar surface area (TPSA) is 58.4 Å². The second kappa shape index (κ2) is 4.87. The molecule has 0 spiro atoms. The van der Waals surface area contributed by atoms with Gasteiger partial charge >= 0.3 is 5.97 Å². The Morgan fingerprint density at radius 2 is 2.18 bits per heavy atom. The summed E-state index contributed by atoms with van der Waals surface area (Å²) in [5.74, 6) is -0.255. The number of likely N-dealkylation sites (tertiary alicyclic amines) is 1. The lowest BCUT2D eigenvalue weighted by atomic mass is 9.93. The largest absolute Gasteiger partial charge is 0.480 e. The van der Waals surface area contributed by atoms with Gasteiger partial charge in [-0.3, -0.25) is 14.4 Å². The number of hydrogen-bond donors (Lipinski definition) is 1. The average molecular weight is 237 g/mol. The number of aryl methyl sites for hydroxylation is 1. The van der Waals surface area contributed by atoms with E-state index in [1.165, 1.54) is 0 Å². The van der Waals surface area contributed by atoms with Gasteiger partial charge in [-0.1, -0.05) is 0 Å². The molecule has 5 heteroatoms. The predicted molar refractivity (Wildman–Crippen MR) is 63.9 cm³/mol. The van der Waals surface area contributed by atoms with Gasteiger partial charge in [-0.05, 0) is 38.9 Å². The van der Waals surface area contributed by atoms with Crippen molar-refractivity contribution < 1.29 is 9.90 Å². The fourth-order valence-electron chi connectivity index (χ4n) is 2.39. The molecule has 1 aromatic heterocycles. The smallest absolute Gasteiger partial charge is 0.320 e. The van der Waals surface area contributed by atoms with Gasteiger partial charge in [0.2, 0.25) is 0 Å². The highest BCUT2D eigenvalue weighted by Crippen LogP contribution is 2.27. The monoisotopic (exact) mass is 237 g/mol. The van der Waals surface area contributed by atoms with Crippen LogP contribution < -0.4 is 0 Å². The molecule has 2 rings (SSSR count). The van der Waals surface area contributed by atoms with Crippen LogP contribution in [0.3, 0.4) is 0 Å². The lowest BCUT2D eigenvalue weighted by Crippen LogP contribution is -2.43. The van der Waals surface area contributed by atoms with E-state index in [0.29, 0.717) is 5.92 Å². The Morgan fingerprint density at radius 1 is 1.53 bits per heavy atom. The number of carboxylic acids is 1. The maximum Gasteiger partial charge on any atom is 0.320 e. The lowest BCUT2D eigenvalue weighted by molar-refractivity contribution is -0.143. The van der Waals surface area contributed by atoms with Crippen molar-refractivity contribution in [2.75, 3.05) is 13.1 Å². The highest BCUT2D eigenvalue weighted by atomic mass is 16.4. The summed E-state index contributed by atoms with van der Waals surface area (Å²) < 4.78 is 1.82. The Hall–Kier alpha value is -1.36.